The molecule has 0 amide bonds. The van der Waals surface area contributed by atoms with Crippen molar-refractivity contribution in [2.45, 2.75) is 12.1 Å². The summed E-state index contributed by atoms with van der Waals surface area (Å²) in [5.74, 6) is 0.411. The van der Waals surface area contributed by atoms with Gasteiger partial charge in [0.25, 0.3) is 0 Å². The number of benzene rings is 1. The van der Waals surface area contributed by atoms with Gasteiger partial charge in [0.2, 0.25) is 0 Å². The third kappa shape index (κ3) is 2.33. The highest BCUT2D eigenvalue weighted by Crippen LogP contribution is 2.31. The van der Waals surface area contributed by atoms with Gasteiger partial charge in [0.05, 0.1) is 13.2 Å². The first-order valence-electron chi connectivity index (χ1n) is 6.74. The molecule has 0 aliphatic carbocycles. The molecule has 3 saturated heterocycles. The van der Waals surface area contributed by atoms with Crippen LogP contribution in [0.25, 0.3) is 0 Å². The van der Waals surface area contributed by atoms with E-state index < -0.39 is 0 Å². The maximum Gasteiger partial charge on any atom is 0.123 e. The van der Waals surface area contributed by atoms with Gasteiger partial charge in [-0.05, 0) is 18.2 Å². The smallest absolute Gasteiger partial charge is 0.123 e. The lowest BCUT2D eigenvalue weighted by Gasteiger charge is -2.49. The van der Waals surface area contributed by atoms with Crippen molar-refractivity contribution in [3.05, 3.63) is 29.6 Å². The number of rotatable bonds is 3. The molecule has 104 valence electrons. The summed E-state index contributed by atoms with van der Waals surface area (Å²) in [5, 5.41) is 0. The summed E-state index contributed by atoms with van der Waals surface area (Å²) in [6, 6.07) is 4.60. The second-order valence-corrected chi connectivity index (χ2v) is 5.32. The van der Waals surface area contributed by atoms with Crippen LogP contribution < -0.4 is 10.5 Å². The Balaban J connectivity index is 1.87. The minimum atomic E-state index is -0.262. The van der Waals surface area contributed by atoms with E-state index in [-0.39, 0.29) is 17.9 Å². The number of methoxy groups -OCH3 is 1. The van der Waals surface area contributed by atoms with Crippen molar-refractivity contribution in [1.82, 2.24) is 9.80 Å². The molecule has 2 atom stereocenters. The van der Waals surface area contributed by atoms with Crippen LogP contribution in [0.1, 0.15) is 11.6 Å². The van der Waals surface area contributed by atoms with Crippen molar-refractivity contribution >= 4 is 0 Å². The quantitative estimate of drug-likeness (QED) is 0.879. The van der Waals surface area contributed by atoms with Crippen LogP contribution in [0.15, 0.2) is 18.2 Å². The highest BCUT2D eigenvalue weighted by molar-refractivity contribution is 5.37. The van der Waals surface area contributed by atoms with Gasteiger partial charge in [-0.3, -0.25) is 9.80 Å². The second kappa shape index (κ2) is 5.07. The molecule has 0 radical (unpaired) electrons. The number of nitrogens with zero attached hydrogens (tertiary/aromatic N) is 2. The molecule has 3 heterocycles. The van der Waals surface area contributed by atoms with Crippen molar-refractivity contribution in [1.29, 1.82) is 0 Å². The predicted octanol–water partition coefficient (Wildman–Crippen LogP) is 0.834. The number of fused-ring (bicyclic) bond motifs is 3. The first-order valence-corrected chi connectivity index (χ1v) is 6.74. The summed E-state index contributed by atoms with van der Waals surface area (Å²) in [4.78, 5) is 4.84. The number of ether oxygens (including phenoxy) is 1. The lowest BCUT2D eigenvalue weighted by atomic mass is 9.94. The number of nitrogens with two attached hydrogens (primary N) is 1. The van der Waals surface area contributed by atoms with E-state index in [0.29, 0.717) is 5.75 Å². The summed E-state index contributed by atoms with van der Waals surface area (Å²) in [5.41, 5.74) is 7.15. The number of hydrogen-bond acceptors (Lipinski definition) is 4. The topological polar surface area (TPSA) is 41.7 Å². The van der Waals surface area contributed by atoms with Gasteiger partial charge in [0.1, 0.15) is 11.6 Å². The summed E-state index contributed by atoms with van der Waals surface area (Å²) in [6.45, 7) is 5.29. The van der Waals surface area contributed by atoms with Gasteiger partial charge in [-0.25, -0.2) is 4.39 Å². The molecular formula is C14H20FN3O. The Morgan fingerprint density at radius 2 is 2.05 bits per heavy atom. The average Bonchev–Trinajstić information content (AvgIpc) is 2.47. The van der Waals surface area contributed by atoms with E-state index in [4.69, 9.17) is 10.5 Å². The molecule has 3 aliphatic rings. The van der Waals surface area contributed by atoms with Crippen LogP contribution in [0, 0.1) is 5.82 Å². The van der Waals surface area contributed by atoms with Crippen molar-refractivity contribution in [3.63, 3.8) is 0 Å². The van der Waals surface area contributed by atoms with E-state index in [1.165, 1.54) is 12.1 Å². The standard InChI is InChI=1S/C14H20FN3O/c1-19-13-3-2-10(15)8-11(13)14(16)12-9-17-4-6-18(12)7-5-17/h2-3,8,12,14H,4-7,9,16H2,1H3. The van der Waals surface area contributed by atoms with E-state index in [9.17, 15) is 4.39 Å². The Morgan fingerprint density at radius 1 is 1.32 bits per heavy atom. The first-order chi connectivity index (χ1) is 9.19. The third-order valence-electron chi connectivity index (χ3n) is 4.29. The Bertz CT molecular complexity index is 460. The molecule has 2 N–H and O–H groups in total. The fourth-order valence-corrected chi connectivity index (χ4v) is 3.17. The summed E-state index contributed by atoms with van der Waals surface area (Å²) >= 11 is 0. The fraction of sp³-hybridized carbons (Fsp3) is 0.571. The molecule has 19 heavy (non-hydrogen) atoms. The van der Waals surface area contributed by atoms with E-state index in [1.807, 2.05) is 0 Å². The van der Waals surface area contributed by atoms with Gasteiger partial charge in [-0.15, -0.1) is 0 Å². The molecule has 5 heteroatoms. The molecule has 2 unspecified atom stereocenters. The summed E-state index contributed by atoms with van der Waals surface area (Å²) < 4.78 is 18.8. The molecular weight excluding hydrogens is 245 g/mol. The zero-order valence-electron chi connectivity index (χ0n) is 11.2. The van der Waals surface area contributed by atoms with Crippen molar-refractivity contribution < 1.29 is 9.13 Å². The Morgan fingerprint density at radius 3 is 2.63 bits per heavy atom. The number of hydrogen-bond donors (Lipinski definition) is 1. The molecule has 3 fully saturated rings. The minimum absolute atomic E-state index is 0.214. The Labute approximate surface area is 112 Å². The molecule has 4 nitrogen and oxygen atoms in total. The maximum atomic E-state index is 13.5. The molecule has 2 bridgehead atoms. The monoisotopic (exact) mass is 265 g/mol. The molecule has 3 aliphatic heterocycles. The average molecular weight is 265 g/mol. The molecule has 0 aromatic heterocycles. The lowest BCUT2D eigenvalue weighted by molar-refractivity contribution is 0.00184. The van der Waals surface area contributed by atoms with Crippen molar-refractivity contribution in [2.24, 2.45) is 5.73 Å². The van der Waals surface area contributed by atoms with Gasteiger partial charge in [-0.1, -0.05) is 0 Å². The van der Waals surface area contributed by atoms with E-state index in [2.05, 4.69) is 9.80 Å². The first kappa shape index (κ1) is 12.8. The zero-order valence-corrected chi connectivity index (χ0v) is 11.2. The largest absolute Gasteiger partial charge is 0.496 e. The highest BCUT2D eigenvalue weighted by atomic mass is 19.1. The second-order valence-electron chi connectivity index (χ2n) is 5.32. The Hall–Kier alpha value is -1.17. The van der Waals surface area contributed by atoms with Crippen LogP contribution in [-0.4, -0.2) is 55.7 Å². The third-order valence-corrected chi connectivity index (χ3v) is 4.29. The minimum Gasteiger partial charge on any atom is -0.496 e. The van der Waals surface area contributed by atoms with Crippen LogP contribution in [0.5, 0.6) is 5.75 Å². The molecule has 0 spiro atoms. The highest BCUT2D eigenvalue weighted by Gasteiger charge is 2.36. The zero-order chi connectivity index (χ0) is 13.4. The fourth-order valence-electron chi connectivity index (χ4n) is 3.17. The van der Waals surface area contributed by atoms with Crippen LogP contribution in [0.3, 0.4) is 0 Å². The van der Waals surface area contributed by atoms with Gasteiger partial charge in [0.15, 0.2) is 0 Å². The van der Waals surface area contributed by atoms with Gasteiger partial charge in [0, 0.05) is 44.3 Å². The number of piperazine rings is 3. The van der Waals surface area contributed by atoms with Crippen molar-refractivity contribution in [3.8, 4) is 5.75 Å². The molecule has 0 saturated carbocycles. The number of halogens is 1. The maximum absolute atomic E-state index is 13.5. The van der Waals surface area contributed by atoms with E-state index >= 15 is 0 Å². The van der Waals surface area contributed by atoms with E-state index in [1.54, 1.807) is 13.2 Å². The lowest BCUT2D eigenvalue weighted by Crippen LogP contribution is -2.63. The van der Waals surface area contributed by atoms with Crippen molar-refractivity contribution in [2.75, 3.05) is 39.8 Å². The van der Waals surface area contributed by atoms with Gasteiger partial charge >= 0.3 is 0 Å². The SMILES string of the molecule is COc1ccc(F)cc1C(N)C1CN2CCN1CC2. The Kier molecular flexibility index (Phi) is 3.43. The van der Waals surface area contributed by atoms with Crippen LogP contribution in [-0.2, 0) is 0 Å². The van der Waals surface area contributed by atoms with Crippen LogP contribution in [0.4, 0.5) is 4.39 Å². The molecule has 1 aromatic rings. The normalized spacial score (nSPS) is 31.2. The van der Waals surface area contributed by atoms with Crippen LogP contribution in [0.2, 0.25) is 0 Å². The molecule has 1 aromatic carbocycles. The van der Waals surface area contributed by atoms with Gasteiger partial charge in [-0.2, -0.15) is 0 Å². The predicted molar refractivity (Wildman–Crippen MR) is 71.7 cm³/mol. The summed E-state index contributed by atoms with van der Waals surface area (Å²) in [6.07, 6.45) is 0. The van der Waals surface area contributed by atoms with Gasteiger partial charge < -0.3 is 10.5 Å². The van der Waals surface area contributed by atoms with Crippen LogP contribution >= 0.6 is 0 Å². The summed E-state index contributed by atoms with van der Waals surface area (Å²) in [7, 11) is 1.60. The molecule has 4 rings (SSSR count). The van der Waals surface area contributed by atoms with E-state index in [0.717, 1.165) is 38.3 Å².